The number of carbonyl (C=O) groups is 2. The van der Waals surface area contributed by atoms with E-state index in [9.17, 15) is 9.59 Å². The van der Waals surface area contributed by atoms with Gasteiger partial charge in [0, 0.05) is 57.1 Å². The SMILES string of the molecule is CCC1=C(N[C@H](C)c2ccc3oc4ccccc4c3c2)C(=O)N(CC(=O)C(C)C(C)Cc2cc3cnccc3[nH]2)C(c2cscn2)=CC1. The van der Waals surface area contributed by atoms with Gasteiger partial charge in [0.15, 0.2) is 5.78 Å². The van der Waals surface area contributed by atoms with Crippen molar-refractivity contribution in [2.75, 3.05) is 6.54 Å². The Bertz CT molecular complexity index is 2160. The molecule has 9 heteroatoms. The molecule has 0 bridgehead atoms. The highest BCUT2D eigenvalue weighted by Crippen LogP contribution is 2.33. The third-order valence-electron chi connectivity index (χ3n) is 9.72. The van der Waals surface area contributed by atoms with E-state index >= 15 is 0 Å². The zero-order chi connectivity index (χ0) is 33.4. The molecule has 8 nitrogen and oxygen atoms in total. The number of para-hydroxylation sites is 1. The van der Waals surface area contributed by atoms with Crippen molar-refractivity contribution in [2.24, 2.45) is 11.8 Å². The second-order valence-electron chi connectivity index (χ2n) is 12.8. The number of benzene rings is 2. The predicted molar refractivity (Wildman–Crippen MR) is 192 cm³/mol. The van der Waals surface area contributed by atoms with E-state index in [0.717, 1.165) is 49.7 Å². The Hall–Kier alpha value is -5.02. The molecule has 244 valence electrons. The van der Waals surface area contributed by atoms with E-state index < -0.39 is 0 Å². The van der Waals surface area contributed by atoms with E-state index in [2.05, 4.69) is 65.3 Å². The summed E-state index contributed by atoms with van der Waals surface area (Å²) in [6.45, 7) is 8.16. The number of carbonyl (C=O) groups excluding carboxylic acids is 2. The van der Waals surface area contributed by atoms with Gasteiger partial charge >= 0.3 is 0 Å². The average Bonchev–Trinajstić information content (AvgIpc) is 3.84. The first-order chi connectivity index (χ1) is 23.3. The van der Waals surface area contributed by atoms with Crippen molar-refractivity contribution in [1.29, 1.82) is 0 Å². The molecule has 6 aromatic rings. The molecule has 4 aromatic heterocycles. The van der Waals surface area contributed by atoms with E-state index in [1.54, 1.807) is 16.6 Å². The third-order valence-corrected chi connectivity index (χ3v) is 10.3. The number of aromatic amines is 1. The number of ketones is 1. The lowest BCUT2D eigenvalue weighted by Crippen LogP contribution is -2.41. The second-order valence-corrected chi connectivity index (χ2v) is 13.5. The standard InChI is InChI=1S/C39H39N5O3S/c1-5-26-10-12-34(33-21-48-22-41-33)44(20-35(45)24(3)23(2)16-29-17-28-19-40-15-14-32(28)43-29)39(46)38(26)42-25(4)27-11-13-37-31(18-27)30-8-6-7-9-36(30)47-37/h6-9,11-15,17-19,21-25,42-43H,5,10,16,20H2,1-4H3/t23?,24?,25-/m1/s1. The number of thiazole rings is 1. The third kappa shape index (κ3) is 6.06. The van der Waals surface area contributed by atoms with Crippen molar-refractivity contribution in [3.63, 3.8) is 0 Å². The first-order valence-corrected chi connectivity index (χ1v) is 17.5. The molecule has 0 aliphatic carbocycles. The Kier molecular flexibility index (Phi) is 8.71. The molecular formula is C39H39N5O3S. The fraction of sp³-hybridized carbons (Fsp3) is 0.282. The predicted octanol–water partition coefficient (Wildman–Crippen LogP) is 8.59. The van der Waals surface area contributed by atoms with Gasteiger partial charge in [-0.25, -0.2) is 4.98 Å². The molecule has 1 aliphatic rings. The molecule has 0 saturated carbocycles. The molecule has 2 N–H and O–H groups in total. The minimum atomic E-state index is -0.274. The van der Waals surface area contributed by atoms with E-state index in [4.69, 9.17) is 4.42 Å². The number of fused-ring (bicyclic) bond motifs is 4. The molecule has 1 amide bonds. The molecule has 0 saturated heterocycles. The minimum Gasteiger partial charge on any atom is -0.456 e. The lowest BCUT2D eigenvalue weighted by atomic mass is 9.88. The fourth-order valence-corrected chi connectivity index (χ4v) is 7.19. The largest absolute Gasteiger partial charge is 0.456 e. The van der Waals surface area contributed by atoms with Crippen LogP contribution in [0, 0.1) is 11.8 Å². The second kappa shape index (κ2) is 13.2. The number of nitrogens with one attached hydrogen (secondary N) is 2. The van der Waals surface area contributed by atoms with Crippen LogP contribution in [0.15, 0.2) is 99.6 Å². The van der Waals surface area contributed by atoms with Crippen molar-refractivity contribution in [1.82, 2.24) is 25.2 Å². The van der Waals surface area contributed by atoms with Crippen molar-refractivity contribution in [3.05, 3.63) is 112 Å². The van der Waals surface area contributed by atoms with Gasteiger partial charge < -0.3 is 14.7 Å². The fourth-order valence-electron chi connectivity index (χ4n) is 6.65. The van der Waals surface area contributed by atoms with E-state index in [0.29, 0.717) is 36.4 Å². The number of hydrogen-bond donors (Lipinski definition) is 2. The maximum absolute atomic E-state index is 14.6. The summed E-state index contributed by atoms with van der Waals surface area (Å²) < 4.78 is 6.05. The van der Waals surface area contributed by atoms with E-state index in [1.807, 2.05) is 54.9 Å². The average molecular weight is 658 g/mol. The monoisotopic (exact) mass is 657 g/mol. The van der Waals surface area contributed by atoms with E-state index in [-0.39, 0.29) is 36.1 Å². The summed E-state index contributed by atoms with van der Waals surface area (Å²) in [7, 11) is 0. The summed E-state index contributed by atoms with van der Waals surface area (Å²) in [5.74, 6) is -0.412. The number of rotatable bonds is 11. The number of hydrogen-bond acceptors (Lipinski definition) is 7. The number of nitrogens with zero attached hydrogens (tertiary/aromatic N) is 3. The quantitative estimate of drug-likeness (QED) is 0.145. The highest BCUT2D eigenvalue weighted by Gasteiger charge is 2.33. The van der Waals surface area contributed by atoms with Crippen LogP contribution < -0.4 is 5.32 Å². The highest BCUT2D eigenvalue weighted by atomic mass is 32.1. The van der Waals surface area contributed by atoms with Crippen LogP contribution >= 0.6 is 11.3 Å². The normalized spacial score (nSPS) is 16.0. The van der Waals surface area contributed by atoms with Gasteiger partial charge in [-0.05, 0) is 73.6 Å². The van der Waals surface area contributed by atoms with Gasteiger partial charge in [-0.1, -0.05) is 51.1 Å². The molecule has 3 atom stereocenters. The highest BCUT2D eigenvalue weighted by molar-refractivity contribution is 7.07. The van der Waals surface area contributed by atoms with Crippen LogP contribution in [0.5, 0.6) is 0 Å². The smallest absolute Gasteiger partial charge is 0.274 e. The number of H-pyrrole nitrogens is 1. The molecular weight excluding hydrogens is 619 g/mol. The summed E-state index contributed by atoms with van der Waals surface area (Å²) in [6.07, 6.45) is 7.66. The molecule has 0 fully saturated rings. The molecule has 48 heavy (non-hydrogen) atoms. The number of amides is 1. The zero-order valence-corrected chi connectivity index (χ0v) is 28.4. The van der Waals surface area contributed by atoms with Gasteiger partial charge in [-0.15, -0.1) is 11.3 Å². The number of furan rings is 1. The molecule has 0 spiro atoms. The lowest BCUT2D eigenvalue weighted by Gasteiger charge is -2.28. The molecule has 7 rings (SSSR count). The lowest BCUT2D eigenvalue weighted by molar-refractivity contribution is -0.131. The van der Waals surface area contributed by atoms with Crippen LogP contribution in [0.25, 0.3) is 38.5 Å². The van der Waals surface area contributed by atoms with Crippen molar-refractivity contribution >= 4 is 61.6 Å². The molecule has 2 unspecified atom stereocenters. The topological polar surface area (TPSA) is 104 Å². The van der Waals surface area contributed by atoms with Crippen molar-refractivity contribution < 1.29 is 14.0 Å². The van der Waals surface area contributed by atoms with Crippen molar-refractivity contribution in [2.45, 2.75) is 53.0 Å². The molecule has 0 radical (unpaired) electrons. The Morgan fingerprint density at radius 1 is 1.08 bits per heavy atom. The maximum Gasteiger partial charge on any atom is 0.274 e. The Morgan fingerprint density at radius 2 is 1.92 bits per heavy atom. The summed E-state index contributed by atoms with van der Waals surface area (Å²) in [6, 6.07) is 18.1. The summed E-state index contributed by atoms with van der Waals surface area (Å²) in [5, 5.41) is 8.68. The van der Waals surface area contributed by atoms with Crippen LogP contribution in [0.3, 0.4) is 0 Å². The van der Waals surface area contributed by atoms with Gasteiger partial charge in [0.1, 0.15) is 16.9 Å². The maximum atomic E-state index is 14.6. The number of allylic oxidation sites excluding steroid dienone is 2. The van der Waals surface area contributed by atoms with Crippen LogP contribution in [0.2, 0.25) is 0 Å². The molecule has 5 heterocycles. The summed E-state index contributed by atoms with van der Waals surface area (Å²) >= 11 is 1.47. The number of Topliss-reactive ketones (excluding diaryl/α,β-unsaturated/α-hetero) is 1. The molecule has 2 aromatic carbocycles. The number of pyridine rings is 1. The van der Waals surface area contributed by atoms with Gasteiger partial charge in [-0.3, -0.25) is 19.5 Å². The summed E-state index contributed by atoms with van der Waals surface area (Å²) in [5.41, 5.74) is 9.51. The van der Waals surface area contributed by atoms with Gasteiger partial charge in [0.05, 0.1) is 23.4 Å². The Morgan fingerprint density at radius 3 is 2.71 bits per heavy atom. The van der Waals surface area contributed by atoms with Crippen molar-refractivity contribution in [3.8, 4) is 0 Å². The minimum absolute atomic E-state index is 0.0133. The first-order valence-electron chi connectivity index (χ1n) is 16.5. The molecule has 1 aliphatic heterocycles. The Labute approximate surface area is 283 Å². The van der Waals surface area contributed by atoms with Crippen LogP contribution in [0.4, 0.5) is 0 Å². The number of aromatic nitrogens is 3. The van der Waals surface area contributed by atoms with Crippen LogP contribution in [-0.2, 0) is 16.0 Å². The van der Waals surface area contributed by atoms with Gasteiger partial charge in [0.25, 0.3) is 5.91 Å². The zero-order valence-electron chi connectivity index (χ0n) is 27.6. The van der Waals surface area contributed by atoms with Gasteiger partial charge in [0.2, 0.25) is 0 Å². The first kappa shape index (κ1) is 31.6. The van der Waals surface area contributed by atoms with Gasteiger partial charge in [-0.2, -0.15) is 0 Å². The van der Waals surface area contributed by atoms with E-state index in [1.165, 1.54) is 11.3 Å². The van der Waals surface area contributed by atoms with Crippen LogP contribution in [-0.4, -0.2) is 38.1 Å². The summed E-state index contributed by atoms with van der Waals surface area (Å²) in [4.78, 5) is 42.5. The Balaban J connectivity index is 1.14. The van der Waals surface area contributed by atoms with Crippen LogP contribution in [0.1, 0.15) is 63.5 Å².